The quantitative estimate of drug-likeness (QED) is 0.654. The molecule has 0 radical (unpaired) electrons. The first-order valence-corrected chi connectivity index (χ1v) is 9.01. The predicted octanol–water partition coefficient (Wildman–Crippen LogP) is 4.16. The molecule has 0 aliphatic carbocycles. The number of carboxylic acids is 1. The molecular formula is C18H24N2O3S. The minimum atomic E-state index is -1.03. The summed E-state index contributed by atoms with van der Waals surface area (Å²) in [5.74, 6) is -0.693. The summed E-state index contributed by atoms with van der Waals surface area (Å²) >= 11 is 1.50. The minimum Gasteiger partial charge on any atom is -0.481 e. The van der Waals surface area contributed by atoms with Crippen molar-refractivity contribution < 1.29 is 14.7 Å². The molecular weight excluding hydrogens is 324 g/mol. The Morgan fingerprint density at radius 1 is 1.33 bits per heavy atom. The molecule has 6 heteroatoms. The van der Waals surface area contributed by atoms with Crippen LogP contribution in [0.3, 0.4) is 0 Å². The van der Waals surface area contributed by atoms with Crippen LogP contribution in [-0.4, -0.2) is 22.7 Å². The Bertz CT molecular complexity index is 621. The lowest BCUT2D eigenvalue weighted by Crippen LogP contribution is -2.34. The first-order chi connectivity index (χ1) is 11.4. The lowest BCUT2D eigenvalue weighted by molar-refractivity contribution is -0.151. The molecule has 0 fully saturated rings. The number of para-hydroxylation sites is 1. The van der Waals surface area contributed by atoms with Gasteiger partial charge >= 0.3 is 5.97 Å². The normalized spacial score (nSPS) is 12.2. The standard InChI is InChI=1S/C18H24N2O3S/c1-4-18(5-2,17(22)23)10-16(21)20-14-8-6-7-9-15(14)24-12-13(3)11-19/h6-9,13H,4-5,10,12H2,1-3H3,(H,20,21)(H,22,23). The topological polar surface area (TPSA) is 90.2 Å². The van der Waals surface area contributed by atoms with Gasteiger partial charge in [-0.2, -0.15) is 5.26 Å². The van der Waals surface area contributed by atoms with Gasteiger partial charge < -0.3 is 10.4 Å². The van der Waals surface area contributed by atoms with Gasteiger partial charge in [0, 0.05) is 17.1 Å². The van der Waals surface area contributed by atoms with E-state index in [-0.39, 0.29) is 18.2 Å². The molecule has 1 aromatic rings. The second-order valence-corrected chi connectivity index (χ2v) is 6.92. The number of carbonyl (C=O) groups is 2. The number of carbonyl (C=O) groups excluding carboxylic acids is 1. The molecule has 0 aromatic heterocycles. The average molecular weight is 348 g/mol. The number of amides is 1. The van der Waals surface area contributed by atoms with Gasteiger partial charge in [0.2, 0.25) is 5.91 Å². The monoisotopic (exact) mass is 348 g/mol. The molecule has 0 spiro atoms. The van der Waals surface area contributed by atoms with Crippen LogP contribution in [0.2, 0.25) is 0 Å². The van der Waals surface area contributed by atoms with Crippen LogP contribution in [0.25, 0.3) is 0 Å². The number of hydrogen-bond acceptors (Lipinski definition) is 4. The molecule has 5 nitrogen and oxygen atoms in total. The third-order valence-electron chi connectivity index (χ3n) is 4.18. The summed E-state index contributed by atoms with van der Waals surface area (Å²) in [6, 6.07) is 9.54. The van der Waals surface area contributed by atoms with Crippen molar-refractivity contribution in [1.82, 2.24) is 0 Å². The smallest absolute Gasteiger partial charge is 0.310 e. The van der Waals surface area contributed by atoms with Crippen LogP contribution in [0, 0.1) is 22.7 Å². The van der Waals surface area contributed by atoms with E-state index in [1.807, 2.05) is 25.1 Å². The average Bonchev–Trinajstić information content (AvgIpc) is 2.58. The third-order valence-corrected chi connectivity index (χ3v) is 5.51. The number of carboxylic acid groups (broad SMARTS) is 1. The Morgan fingerprint density at radius 2 is 1.96 bits per heavy atom. The Kier molecular flexibility index (Phi) is 7.80. The van der Waals surface area contributed by atoms with Gasteiger partial charge in [-0.25, -0.2) is 0 Å². The zero-order chi connectivity index (χ0) is 18.2. The van der Waals surface area contributed by atoms with Crippen molar-refractivity contribution in [2.24, 2.45) is 11.3 Å². The number of aliphatic carboxylic acids is 1. The van der Waals surface area contributed by atoms with Crippen molar-refractivity contribution in [3.8, 4) is 6.07 Å². The summed E-state index contributed by atoms with van der Waals surface area (Å²) in [7, 11) is 0. The third kappa shape index (κ3) is 5.27. The van der Waals surface area contributed by atoms with Crippen molar-refractivity contribution in [1.29, 1.82) is 5.26 Å². The Balaban J connectivity index is 2.84. The van der Waals surface area contributed by atoms with E-state index >= 15 is 0 Å². The highest BCUT2D eigenvalue weighted by atomic mass is 32.2. The molecule has 0 saturated heterocycles. The Hall–Kier alpha value is -2.00. The molecule has 0 saturated carbocycles. The Labute approximate surface area is 147 Å². The van der Waals surface area contributed by atoms with Crippen LogP contribution >= 0.6 is 11.8 Å². The minimum absolute atomic E-state index is 0.0526. The van der Waals surface area contributed by atoms with Crippen molar-refractivity contribution in [3.05, 3.63) is 24.3 Å². The van der Waals surface area contributed by atoms with Gasteiger partial charge in [0.25, 0.3) is 0 Å². The van der Waals surface area contributed by atoms with E-state index in [1.165, 1.54) is 11.8 Å². The van der Waals surface area contributed by atoms with Crippen LogP contribution < -0.4 is 5.32 Å². The van der Waals surface area contributed by atoms with Crippen LogP contribution in [0.4, 0.5) is 5.69 Å². The van der Waals surface area contributed by atoms with Crippen molar-refractivity contribution in [3.63, 3.8) is 0 Å². The van der Waals surface area contributed by atoms with Gasteiger partial charge in [-0.3, -0.25) is 9.59 Å². The van der Waals surface area contributed by atoms with E-state index in [4.69, 9.17) is 5.26 Å². The van der Waals surface area contributed by atoms with E-state index in [1.54, 1.807) is 19.9 Å². The zero-order valence-corrected chi connectivity index (χ0v) is 15.2. The number of rotatable bonds is 9. The van der Waals surface area contributed by atoms with Crippen molar-refractivity contribution >= 4 is 29.3 Å². The largest absolute Gasteiger partial charge is 0.481 e. The van der Waals surface area contributed by atoms with Gasteiger partial charge in [-0.15, -0.1) is 11.8 Å². The van der Waals surface area contributed by atoms with Gasteiger partial charge in [0.05, 0.1) is 23.1 Å². The van der Waals surface area contributed by atoms with Gasteiger partial charge in [-0.1, -0.05) is 26.0 Å². The number of nitrogens with one attached hydrogen (secondary N) is 1. The number of nitrogens with zero attached hydrogens (tertiary/aromatic N) is 1. The number of nitriles is 1. The van der Waals surface area contributed by atoms with Crippen molar-refractivity contribution in [2.75, 3.05) is 11.1 Å². The predicted molar refractivity (Wildman–Crippen MR) is 95.8 cm³/mol. The molecule has 1 rings (SSSR count). The maximum atomic E-state index is 12.4. The second kappa shape index (κ2) is 9.33. The van der Waals surface area contributed by atoms with Crippen LogP contribution in [-0.2, 0) is 9.59 Å². The maximum Gasteiger partial charge on any atom is 0.310 e. The first-order valence-electron chi connectivity index (χ1n) is 8.03. The van der Waals surface area contributed by atoms with E-state index < -0.39 is 11.4 Å². The van der Waals surface area contributed by atoms with E-state index in [9.17, 15) is 14.7 Å². The van der Waals surface area contributed by atoms with Gasteiger partial charge in [-0.05, 0) is 31.9 Å². The molecule has 1 unspecified atom stereocenters. The summed E-state index contributed by atoms with van der Waals surface area (Å²) in [6.45, 7) is 5.42. The highest BCUT2D eigenvalue weighted by molar-refractivity contribution is 7.99. The molecule has 0 aliphatic heterocycles. The highest BCUT2D eigenvalue weighted by Crippen LogP contribution is 2.33. The first kappa shape index (κ1) is 20.0. The lowest BCUT2D eigenvalue weighted by atomic mass is 9.79. The molecule has 0 bridgehead atoms. The van der Waals surface area contributed by atoms with Crippen molar-refractivity contribution in [2.45, 2.75) is 44.9 Å². The fourth-order valence-corrected chi connectivity index (χ4v) is 3.28. The molecule has 1 atom stereocenters. The lowest BCUT2D eigenvalue weighted by Gasteiger charge is -2.26. The molecule has 24 heavy (non-hydrogen) atoms. The van der Waals surface area contributed by atoms with E-state index in [0.717, 1.165) is 4.90 Å². The van der Waals surface area contributed by atoms with Gasteiger partial charge in [0.15, 0.2) is 0 Å². The fraction of sp³-hybridized carbons (Fsp3) is 0.500. The summed E-state index contributed by atoms with van der Waals surface area (Å²) in [5.41, 5.74) is -0.370. The van der Waals surface area contributed by atoms with Crippen LogP contribution in [0.15, 0.2) is 29.2 Å². The number of benzene rings is 1. The summed E-state index contributed by atoms with van der Waals surface area (Å²) in [4.78, 5) is 24.8. The number of thioether (sulfide) groups is 1. The Morgan fingerprint density at radius 3 is 2.50 bits per heavy atom. The SMILES string of the molecule is CCC(CC)(CC(=O)Nc1ccccc1SCC(C)C#N)C(=O)O. The summed E-state index contributed by atoms with van der Waals surface area (Å²) in [5, 5.41) is 21.1. The molecule has 0 heterocycles. The molecule has 1 amide bonds. The van der Waals surface area contributed by atoms with E-state index in [2.05, 4.69) is 11.4 Å². The molecule has 130 valence electrons. The van der Waals surface area contributed by atoms with Gasteiger partial charge in [0.1, 0.15) is 0 Å². The summed E-state index contributed by atoms with van der Waals surface area (Å²) in [6.07, 6.45) is 0.758. The number of anilines is 1. The number of hydrogen-bond donors (Lipinski definition) is 2. The maximum absolute atomic E-state index is 12.4. The molecule has 2 N–H and O–H groups in total. The van der Waals surface area contributed by atoms with Crippen LogP contribution in [0.1, 0.15) is 40.0 Å². The second-order valence-electron chi connectivity index (χ2n) is 5.85. The molecule has 0 aliphatic rings. The molecule has 1 aromatic carbocycles. The fourth-order valence-electron chi connectivity index (χ4n) is 2.33. The van der Waals surface area contributed by atoms with Crippen LogP contribution in [0.5, 0.6) is 0 Å². The highest BCUT2D eigenvalue weighted by Gasteiger charge is 2.37. The van der Waals surface area contributed by atoms with E-state index in [0.29, 0.717) is 24.3 Å². The summed E-state index contributed by atoms with van der Waals surface area (Å²) < 4.78 is 0. The zero-order valence-electron chi connectivity index (χ0n) is 14.3.